The van der Waals surface area contributed by atoms with Crippen molar-refractivity contribution < 1.29 is 4.74 Å². The summed E-state index contributed by atoms with van der Waals surface area (Å²) in [5.41, 5.74) is 7.74. The summed E-state index contributed by atoms with van der Waals surface area (Å²) in [7, 11) is 1.68. The fourth-order valence-corrected chi connectivity index (χ4v) is 2.33. The largest absolute Gasteiger partial charge is 0.378 e. The van der Waals surface area contributed by atoms with Gasteiger partial charge in [-0.3, -0.25) is 0 Å². The quantitative estimate of drug-likeness (QED) is 0.838. The van der Waals surface area contributed by atoms with E-state index in [-0.39, 0.29) is 0 Å². The van der Waals surface area contributed by atoms with Crippen molar-refractivity contribution in [1.29, 1.82) is 0 Å². The molecule has 0 atom stereocenters. The summed E-state index contributed by atoms with van der Waals surface area (Å²) < 4.78 is 6.22. The minimum Gasteiger partial charge on any atom is -0.378 e. The number of nitrogens with zero attached hydrogens (tertiary/aromatic N) is 1. The summed E-state index contributed by atoms with van der Waals surface area (Å²) >= 11 is 1.66. The van der Waals surface area contributed by atoms with Crippen molar-refractivity contribution >= 4 is 21.6 Å². The molecule has 2 aromatic rings. The van der Waals surface area contributed by atoms with Crippen molar-refractivity contribution in [3.05, 3.63) is 28.8 Å². The highest BCUT2D eigenvalue weighted by atomic mass is 32.1. The van der Waals surface area contributed by atoms with Gasteiger partial charge in [-0.2, -0.15) is 0 Å². The van der Waals surface area contributed by atoms with E-state index in [1.807, 2.05) is 12.1 Å². The van der Waals surface area contributed by atoms with E-state index in [0.29, 0.717) is 13.2 Å². The summed E-state index contributed by atoms with van der Waals surface area (Å²) in [6.45, 7) is 1.16. The zero-order chi connectivity index (χ0) is 9.97. The fraction of sp³-hybridized carbons (Fsp3) is 0.300. The van der Waals surface area contributed by atoms with Crippen LogP contribution in [0.25, 0.3) is 10.2 Å². The van der Waals surface area contributed by atoms with Gasteiger partial charge in [-0.15, -0.1) is 11.3 Å². The SMILES string of the molecule is COCc1nc2ccc(CN)cc2s1. The molecule has 0 bridgehead atoms. The third-order valence-corrected chi connectivity index (χ3v) is 2.99. The van der Waals surface area contributed by atoms with Crippen LogP contribution in [0.5, 0.6) is 0 Å². The number of rotatable bonds is 3. The lowest BCUT2D eigenvalue weighted by Gasteiger charge is -1.93. The molecule has 0 saturated carbocycles. The Hall–Kier alpha value is -0.970. The van der Waals surface area contributed by atoms with Gasteiger partial charge in [0.15, 0.2) is 0 Å². The summed E-state index contributed by atoms with van der Waals surface area (Å²) in [5.74, 6) is 0. The minimum atomic E-state index is 0.577. The smallest absolute Gasteiger partial charge is 0.120 e. The average Bonchev–Trinajstić information content (AvgIpc) is 2.59. The maximum absolute atomic E-state index is 5.57. The van der Waals surface area contributed by atoms with E-state index in [9.17, 15) is 0 Å². The molecule has 74 valence electrons. The zero-order valence-corrected chi connectivity index (χ0v) is 8.80. The average molecular weight is 208 g/mol. The van der Waals surface area contributed by atoms with E-state index in [1.54, 1.807) is 18.4 Å². The van der Waals surface area contributed by atoms with Crippen molar-refractivity contribution in [2.75, 3.05) is 7.11 Å². The van der Waals surface area contributed by atoms with Gasteiger partial charge in [0.25, 0.3) is 0 Å². The lowest BCUT2D eigenvalue weighted by atomic mass is 10.2. The first-order valence-electron chi connectivity index (χ1n) is 4.41. The van der Waals surface area contributed by atoms with Gasteiger partial charge in [-0.25, -0.2) is 4.98 Å². The number of nitrogens with two attached hydrogens (primary N) is 1. The van der Waals surface area contributed by atoms with Gasteiger partial charge >= 0.3 is 0 Å². The molecule has 0 aliphatic rings. The molecule has 0 saturated heterocycles. The Morgan fingerprint density at radius 3 is 3.07 bits per heavy atom. The molecule has 2 N–H and O–H groups in total. The van der Waals surface area contributed by atoms with E-state index in [1.165, 1.54) is 4.70 Å². The second-order valence-corrected chi connectivity index (χ2v) is 4.16. The number of thiazole rings is 1. The van der Waals surface area contributed by atoms with Crippen LogP contribution in [0.15, 0.2) is 18.2 Å². The van der Waals surface area contributed by atoms with Crippen LogP contribution in [0.4, 0.5) is 0 Å². The Labute approximate surface area is 86.5 Å². The second-order valence-electron chi connectivity index (χ2n) is 3.05. The van der Waals surface area contributed by atoms with Crippen molar-refractivity contribution in [2.24, 2.45) is 5.73 Å². The molecule has 0 fully saturated rings. The summed E-state index contributed by atoms with van der Waals surface area (Å²) in [6, 6.07) is 6.11. The first-order chi connectivity index (χ1) is 6.83. The Bertz CT molecular complexity index is 439. The molecule has 0 spiro atoms. The van der Waals surface area contributed by atoms with Crippen LogP contribution in [0.2, 0.25) is 0 Å². The summed E-state index contributed by atoms with van der Waals surface area (Å²) in [4.78, 5) is 4.43. The molecule has 0 aliphatic heterocycles. The van der Waals surface area contributed by atoms with Crippen molar-refractivity contribution in [3.63, 3.8) is 0 Å². The number of ether oxygens (including phenoxy) is 1. The number of hydrogen-bond donors (Lipinski definition) is 1. The van der Waals surface area contributed by atoms with Crippen LogP contribution in [-0.4, -0.2) is 12.1 Å². The molecule has 1 aromatic carbocycles. The van der Waals surface area contributed by atoms with Crippen LogP contribution < -0.4 is 5.73 Å². The van der Waals surface area contributed by atoms with Crippen LogP contribution in [0.3, 0.4) is 0 Å². The van der Waals surface area contributed by atoms with Gasteiger partial charge in [0, 0.05) is 13.7 Å². The maximum Gasteiger partial charge on any atom is 0.120 e. The predicted molar refractivity (Wildman–Crippen MR) is 58.2 cm³/mol. The second kappa shape index (κ2) is 4.04. The fourth-order valence-electron chi connectivity index (χ4n) is 1.33. The number of aromatic nitrogens is 1. The standard InChI is InChI=1S/C10H12N2OS/c1-13-6-10-12-8-3-2-7(5-11)4-9(8)14-10/h2-4H,5-6,11H2,1H3. The summed E-state index contributed by atoms with van der Waals surface area (Å²) in [6.07, 6.45) is 0. The van der Waals surface area contributed by atoms with Gasteiger partial charge in [0.2, 0.25) is 0 Å². The Kier molecular flexibility index (Phi) is 2.77. The molecule has 0 unspecified atom stereocenters. The Morgan fingerprint density at radius 1 is 1.50 bits per heavy atom. The highest BCUT2D eigenvalue weighted by Gasteiger charge is 2.03. The highest BCUT2D eigenvalue weighted by molar-refractivity contribution is 7.18. The summed E-state index contributed by atoms with van der Waals surface area (Å²) in [5, 5.41) is 1.01. The van der Waals surface area contributed by atoms with E-state index in [4.69, 9.17) is 10.5 Å². The first kappa shape index (κ1) is 9.58. The zero-order valence-electron chi connectivity index (χ0n) is 7.99. The Balaban J connectivity index is 2.43. The minimum absolute atomic E-state index is 0.577. The van der Waals surface area contributed by atoms with Crippen LogP contribution in [-0.2, 0) is 17.9 Å². The molecule has 0 radical (unpaired) electrons. The van der Waals surface area contributed by atoms with Crippen molar-refractivity contribution in [1.82, 2.24) is 4.98 Å². The third kappa shape index (κ3) is 1.77. The molecule has 2 rings (SSSR count). The van der Waals surface area contributed by atoms with E-state index in [2.05, 4.69) is 11.1 Å². The molecule has 1 heterocycles. The van der Waals surface area contributed by atoms with Crippen molar-refractivity contribution in [3.8, 4) is 0 Å². The van der Waals surface area contributed by atoms with Gasteiger partial charge in [0.05, 0.1) is 16.8 Å². The predicted octanol–water partition coefficient (Wildman–Crippen LogP) is 1.90. The maximum atomic E-state index is 5.57. The van der Waals surface area contributed by atoms with Crippen LogP contribution in [0.1, 0.15) is 10.6 Å². The number of methoxy groups -OCH3 is 1. The number of hydrogen-bond acceptors (Lipinski definition) is 4. The normalized spacial score (nSPS) is 11.0. The molecular formula is C10H12N2OS. The van der Waals surface area contributed by atoms with Crippen LogP contribution >= 0.6 is 11.3 Å². The number of fused-ring (bicyclic) bond motifs is 1. The topological polar surface area (TPSA) is 48.1 Å². The van der Waals surface area contributed by atoms with Crippen molar-refractivity contribution in [2.45, 2.75) is 13.2 Å². The van der Waals surface area contributed by atoms with E-state index >= 15 is 0 Å². The molecule has 1 aromatic heterocycles. The van der Waals surface area contributed by atoms with Gasteiger partial charge in [0.1, 0.15) is 5.01 Å². The first-order valence-corrected chi connectivity index (χ1v) is 5.22. The lowest BCUT2D eigenvalue weighted by molar-refractivity contribution is 0.185. The van der Waals surface area contributed by atoms with Gasteiger partial charge in [-0.05, 0) is 17.7 Å². The molecular weight excluding hydrogens is 196 g/mol. The third-order valence-electron chi connectivity index (χ3n) is 2.00. The van der Waals surface area contributed by atoms with Gasteiger partial charge in [-0.1, -0.05) is 6.07 Å². The van der Waals surface area contributed by atoms with E-state index in [0.717, 1.165) is 16.1 Å². The highest BCUT2D eigenvalue weighted by Crippen LogP contribution is 2.23. The molecule has 0 amide bonds. The van der Waals surface area contributed by atoms with Gasteiger partial charge < -0.3 is 10.5 Å². The Morgan fingerprint density at radius 2 is 2.36 bits per heavy atom. The number of benzene rings is 1. The molecule has 14 heavy (non-hydrogen) atoms. The monoisotopic (exact) mass is 208 g/mol. The lowest BCUT2D eigenvalue weighted by Crippen LogP contribution is -1.94. The molecule has 3 nitrogen and oxygen atoms in total. The van der Waals surface area contributed by atoms with E-state index < -0.39 is 0 Å². The van der Waals surface area contributed by atoms with Crippen LogP contribution in [0, 0.1) is 0 Å². The molecule has 4 heteroatoms. The molecule has 0 aliphatic carbocycles.